The van der Waals surface area contributed by atoms with Gasteiger partial charge in [-0.1, -0.05) is 31.0 Å². The standard InChI is InChI=1S/C17H26N2OS/c1-19-13-7-3-6-11-16(19)17(20)18-12-8-14-21-15-9-4-2-5-10-15/h2,4-5,9-10,16H,3,6-8,11-14H2,1H3,(H,18,20)/t16-/m1/s1. The summed E-state index contributed by atoms with van der Waals surface area (Å²) in [5, 5.41) is 3.10. The van der Waals surface area contributed by atoms with Gasteiger partial charge in [-0.3, -0.25) is 9.69 Å². The van der Waals surface area contributed by atoms with Crippen LogP contribution < -0.4 is 5.32 Å². The Balaban J connectivity index is 1.62. The van der Waals surface area contributed by atoms with Gasteiger partial charge in [-0.2, -0.15) is 0 Å². The van der Waals surface area contributed by atoms with E-state index in [4.69, 9.17) is 0 Å². The molecule has 3 nitrogen and oxygen atoms in total. The number of thioether (sulfide) groups is 1. The number of carbonyl (C=O) groups excluding carboxylic acids is 1. The molecule has 1 atom stereocenters. The normalized spacial score (nSPS) is 20.0. The summed E-state index contributed by atoms with van der Waals surface area (Å²) in [6.07, 6.45) is 5.66. The largest absolute Gasteiger partial charge is 0.355 e. The Bertz CT molecular complexity index is 424. The molecule has 1 aromatic carbocycles. The lowest BCUT2D eigenvalue weighted by Crippen LogP contribution is -2.45. The lowest BCUT2D eigenvalue weighted by atomic mass is 10.1. The van der Waals surface area contributed by atoms with Crippen LogP contribution in [0.2, 0.25) is 0 Å². The van der Waals surface area contributed by atoms with Crippen molar-refractivity contribution >= 4 is 17.7 Å². The van der Waals surface area contributed by atoms with E-state index in [-0.39, 0.29) is 11.9 Å². The number of benzene rings is 1. The first-order chi connectivity index (χ1) is 10.3. The molecule has 1 amide bonds. The van der Waals surface area contributed by atoms with Gasteiger partial charge in [0, 0.05) is 11.4 Å². The first-order valence-electron chi connectivity index (χ1n) is 7.93. The molecule has 0 saturated carbocycles. The Kier molecular flexibility index (Phi) is 7.10. The van der Waals surface area contributed by atoms with Crippen molar-refractivity contribution in [2.45, 2.75) is 43.0 Å². The number of amides is 1. The van der Waals surface area contributed by atoms with E-state index < -0.39 is 0 Å². The maximum absolute atomic E-state index is 12.2. The van der Waals surface area contributed by atoms with Crippen LogP contribution in [-0.2, 0) is 4.79 Å². The molecule has 0 spiro atoms. The van der Waals surface area contributed by atoms with Gasteiger partial charge in [0.25, 0.3) is 0 Å². The Hall–Kier alpha value is -1.00. The van der Waals surface area contributed by atoms with Gasteiger partial charge in [-0.15, -0.1) is 11.8 Å². The van der Waals surface area contributed by atoms with E-state index in [0.29, 0.717) is 0 Å². The average molecular weight is 306 g/mol. The molecule has 1 aliphatic heterocycles. The molecular weight excluding hydrogens is 280 g/mol. The number of likely N-dealkylation sites (N-methyl/N-ethyl adjacent to an activating group) is 1. The minimum absolute atomic E-state index is 0.0780. The van der Waals surface area contributed by atoms with Gasteiger partial charge in [0.2, 0.25) is 5.91 Å². The van der Waals surface area contributed by atoms with Crippen LogP contribution in [0.1, 0.15) is 32.1 Å². The van der Waals surface area contributed by atoms with Crippen LogP contribution in [0.5, 0.6) is 0 Å². The van der Waals surface area contributed by atoms with E-state index >= 15 is 0 Å². The number of hydrogen-bond acceptors (Lipinski definition) is 3. The molecule has 1 saturated heterocycles. The van der Waals surface area contributed by atoms with E-state index in [9.17, 15) is 4.79 Å². The second-order valence-corrected chi connectivity index (χ2v) is 6.82. The molecule has 0 aromatic heterocycles. The lowest BCUT2D eigenvalue weighted by Gasteiger charge is -2.24. The van der Waals surface area contributed by atoms with Gasteiger partial charge in [0.05, 0.1) is 6.04 Å². The minimum Gasteiger partial charge on any atom is -0.355 e. The summed E-state index contributed by atoms with van der Waals surface area (Å²) in [6.45, 7) is 1.82. The van der Waals surface area contributed by atoms with Crippen LogP contribution in [0.3, 0.4) is 0 Å². The second-order valence-electron chi connectivity index (χ2n) is 5.65. The molecule has 2 rings (SSSR count). The minimum atomic E-state index is 0.0780. The molecule has 4 heteroatoms. The molecule has 1 N–H and O–H groups in total. The zero-order valence-electron chi connectivity index (χ0n) is 12.9. The maximum atomic E-state index is 12.2. The van der Waals surface area contributed by atoms with E-state index in [0.717, 1.165) is 31.7 Å². The highest BCUT2D eigenvalue weighted by molar-refractivity contribution is 7.99. The summed E-state index contributed by atoms with van der Waals surface area (Å²) in [5.41, 5.74) is 0. The Morgan fingerprint density at radius 1 is 1.29 bits per heavy atom. The number of hydrogen-bond donors (Lipinski definition) is 1. The second kappa shape index (κ2) is 9.11. The van der Waals surface area contributed by atoms with Crippen molar-refractivity contribution in [3.8, 4) is 0 Å². The summed E-state index contributed by atoms with van der Waals surface area (Å²) >= 11 is 1.85. The summed E-state index contributed by atoms with van der Waals surface area (Å²) in [5.74, 6) is 1.26. The molecule has 1 aliphatic rings. The lowest BCUT2D eigenvalue weighted by molar-refractivity contribution is -0.126. The van der Waals surface area contributed by atoms with Crippen molar-refractivity contribution in [3.63, 3.8) is 0 Å². The van der Waals surface area contributed by atoms with Crippen molar-refractivity contribution in [1.29, 1.82) is 0 Å². The van der Waals surface area contributed by atoms with Crippen LogP contribution >= 0.6 is 11.8 Å². The molecule has 0 unspecified atom stereocenters. The third-order valence-corrected chi connectivity index (χ3v) is 5.05. The van der Waals surface area contributed by atoms with Crippen LogP contribution in [0.25, 0.3) is 0 Å². The molecule has 1 heterocycles. The predicted molar refractivity (Wildman–Crippen MR) is 89.7 cm³/mol. The summed E-state index contributed by atoms with van der Waals surface area (Å²) in [4.78, 5) is 15.7. The monoisotopic (exact) mass is 306 g/mol. The topological polar surface area (TPSA) is 32.3 Å². The fourth-order valence-corrected chi connectivity index (χ4v) is 3.57. The Morgan fingerprint density at radius 3 is 2.90 bits per heavy atom. The van der Waals surface area contributed by atoms with Gasteiger partial charge in [0.1, 0.15) is 0 Å². The van der Waals surface area contributed by atoms with Gasteiger partial charge < -0.3 is 5.32 Å². The molecule has 0 radical (unpaired) electrons. The van der Waals surface area contributed by atoms with Crippen molar-refractivity contribution in [2.75, 3.05) is 25.9 Å². The number of rotatable bonds is 6. The summed E-state index contributed by atoms with van der Waals surface area (Å²) in [7, 11) is 2.07. The number of nitrogens with one attached hydrogen (secondary N) is 1. The molecule has 1 aromatic rings. The van der Waals surface area contributed by atoms with Crippen LogP contribution in [0.15, 0.2) is 35.2 Å². The van der Waals surface area contributed by atoms with Crippen LogP contribution in [0.4, 0.5) is 0 Å². The van der Waals surface area contributed by atoms with Crippen LogP contribution in [0, 0.1) is 0 Å². The summed E-state index contributed by atoms with van der Waals surface area (Å²) in [6, 6.07) is 10.5. The zero-order chi connectivity index (χ0) is 14.9. The molecule has 0 aliphatic carbocycles. The number of likely N-dealkylation sites (tertiary alicyclic amines) is 1. The quantitative estimate of drug-likeness (QED) is 0.647. The highest BCUT2D eigenvalue weighted by Gasteiger charge is 2.23. The highest BCUT2D eigenvalue weighted by Crippen LogP contribution is 2.18. The first-order valence-corrected chi connectivity index (χ1v) is 8.92. The molecule has 21 heavy (non-hydrogen) atoms. The van der Waals surface area contributed by atoms with Gasteiger partial charge in [-0.05, 0) is 50.7 Å². The third kappa shape index (κ3) is 5.71. The van der Waals surface area contributed by atoms with E-state index in [1.54, 1.807) is 0 Å². The first kappa shape index (κ1) is 16.4. The molecule has 0 bridgehead atoms. The van der Waals surface area contributed by atoms with Gasteiger partial charge in [-0.25, -0.2) is 0 Å². The third-order valence-electron chi connectivity index (χ3n) is 3.96. The van der Waals surface area contributed by atoms with Crippen LogP contribution in [-0.4, -0.2) is 42.7 Å². The Labute approximate surface area is 132 Å². The number of nitrogens with zero attached hydrogens (tertiary/aromatic N) is 1. The predicted octanol–water partition coefficient (Wildman–Crippen LogP) is 3.16. The van der Waals surface area contributed by atoms with Crippen molar-refractivity contribution in [3.05, 3.63) is 30.3 Å². The SMILES string of the molecule is CN1CCCCC[C@@H]1C(=O)NCCCSc1ccccc1. The maximum Gasteiger partial charge on any atom is 0.237 e. The molecule has 1 fully saturated rings. The molecule has 116 valence electrons. The fraction of sp³-hybridized carbons (Fsp3) is 0.588. The van der Waals surface area contributed by atoms with E-state index in [1.807, 2.05) is 17.8 Å². The Morgan fingerprint density at radius 2 is 2.10 bits per heavy atom. The summed E-state index contributed by atoms with van der Waals surface area (Å²) < 4.78 is 0. The van der Waals surface area contributed by atoms with Gasteiger partial charge in [0.15, 0.2) is 0 Å². The van der Waals surface area contributed by atoms with E-state index in [1.165, 1.54) is 24.2 Å². The highest BCUT2D eigenvalue weighted by atomic mass is 32.2. The van der Waals surface area contributed by atoms with Crippen molar-refractivity contribution in [1.82, 2.24) is 10.2 Å². The van der Waals surface area contributed by atoms with Crippen molar-refractivity contribution < 1.29 is 4.79 Å². The van der Waals surface area contributed by atoms with Crippen molar-refractivity contribution in [2.24, 2.45) is 0 Å². The number of carbonyl (C=O) groups is 1. The smallest absolute Gasteiger partial charge is 0.237 e. The molecular formula is C17H26N2OS. The van der Waals surface area contributed by atoms with E-state index in [2.05, 4.69) is 41.5 Å². The average Bonchev–Trinajstić information content (AvgIpc) is 2.72. The fourth-order valence-electron chi connectivity index (χ4n) is 2.69. The van der Waals surface area contributed by atoms with Gasteiger partial charge >= 0.3 is 0 Å². The zero-order valence-corrected chi connectivity index (χ0v) is 13.7.